The number of ether oxygens (including phenoxy) is 2. The van der Waals surface area contributed by atoms with Crippen LogP contribution in [-0.2, 0) is 13.0 Å². The number of benzene rings is 1. The molecule has 0 amide bonds. The van der Waals surface area contributed by atoms with E-state index < -0.39 is 0 Å². The number of rotatable bonds is 7. The van der Waals surface area contributed by atoms with E-state index in [0.717, 1.165) is 29.9 Å². The fourth-order valence-electron chi connectivity index (χ4n) is 2.05. The third-order valence-electron chi connectivity index (χ3n) is 3.30. The molecule has 114 valence electrons. The largest absolute Gasteiger partial charge is 0.493 e. The topological polar surface area (TPSA) is 70.5 Å². The summed E-state index contributed by atoms with van der Waals surface area (Å²) in [5.74, 6) is 2.16. The zero-order valence-corrected chi connectivity index (χ0v) is 12.8. The van der Waals surface area contributed by atoms with E-state index in [-0.39, 0.29) is 6.04 Å². The minimum absolute atomic E-state index is 0.157. The SMILES string of the molecule is CCC(N)Cc1ccc(OC)c(OCc2cc(C)on2)c1. The lowest BCUT2D eigenvalue weighted by molar-refractivity contribution is 0.271. The van der Waals surface area contributed by atoms with Gasteiger partial charge in [-0.25, -0.2) is 0 Å². The second-order valence-corrected chi connectivity index (χ2v) is 5.08. The summed E-state index contributed by atoms with van der Waals surface area (Å²) < 4.78 is 16.1. The summed E-state index contributed by atoms with van der Waals surface area (Å²) in [4.78, 5) is 0. The number of nitrogens with two attached hydrogens (primary N) is 1. The van der Waals surface area contributed by atoms with Crippen molar-refractivity contribution < 1.29 is 14.0 Å². The first-order valence-electron chi connectivity index (χ1n) is 7.09. The average Bonchev–Trinajstić information content (AvgIpc) is 2.90. The van der Waals surface area contributed by atoms with Crippen LogP contribution in [-0.4, -0.2) is 18.3 Å². The van der Waals surface area contributed by atoms with Crippen LogP contribution in [0.4, 0.5) is 0 Å². The number of methoxy groups -OCH3 is 1. The highest BCUT2D eigenvalue weighted by molar-refractivity contribution is 5.43. The van der Waals surface area contributed by atoms with Crippen molar-refractivity contribution in [2.75, 3.05) is 7.11 Å². The molecule has 2 N–H and O–H groups in total. The monoisotopic (exact) mass is 290 g/mol. The summed E-state index contributed by atoms with van der Waals surface area (Å²) in [6.07, 6.45) is 1.76. The van der Waals surface area contributed by atoms with E-state index >= 15 is 0 Å². The van der Waals surface area contributed by atoms with E-state index in [1.807, 2.05) is 31.2 Å². The fourth-order valence-corrected chi connectivity index (χ4v) is 2.05. The van der Waals surface area contributed by atoms with Crippen LogP contribution in [0.15, 0.2) is 28.8 Å². The summed E-state index contributed by atoms with van der Waals surface area (Å²) in [6, 6.07) is 7.90. The molecular formula is C16H22N2O3. The highest BCUT2D eigenvalue weighted by atomic mass is 16.5. The number of nitrogens with zero attached hydrogens (tertiary/aromatic N) is 1. The molecule has 0 aliphatic heterocycles. The first-order valence-corrected chi connectivity index (χ1v) is 7.09. The van der Waals surface area contributed by atoms with Gasteiger partial charge in [-0.3, -0.25) is 0 Å². The van der Waals surface area contributed by atoms with Crippen molar-refractivity contribution in [2.24, 2.45) is 5.73 Å². The van der Waals surface area contributed by atoms with Gasteiger partial charge in [0.15, 0.2) is 11.5 Å². The molecule has 0 aliphatic carbocycles. The lowest BCUT2D eigenvalue weighted by atomic mass is 10.0. The number of hydrogen-bond donors (Lipinski definition) is 1. The molecule has 2 rings (SSSR count). The van der Waals surface area contributed by atoms with Crippen LogP contribution in [0.3, 0.4) is 0 Å². The molecule has 5 heteroatoms. The normalized spacial score (nSPS) is 12.2. The van der Waals surface area contributed by atoms with Crippen LogP contribution in [0.2, 0.25) is 0 Å². The number of aryl methyl sites for hydroxylation is 1. The zero-order valence-electron chi connectivity index (χ0n) is 12.8. The molecule has 1 atom stereocenters. The van der Waals surface area contributed by atoms with E-state index in [2.05, 4.69) is 12.1 Å². The molecule has 2 aromatic rings. The Labute approximate surface area is 125 Å². The Morgan fingerprint density at radius 2 is 2.10 bits per heavy atom. The van der Waals surface area contributed by atoms with Crippen LogP contribution in [0.25, 0.3) is 0 Å². The molecule has 21 heavy (non-hydrogen) atoms. The zero-order chi connectivity index (χ0) is 15.2. The summed E-state index contributed by atoms with van der Waals surface area (Å²) in [5.41, 5.74) is 7.89. The van der Waals surface area contributed by atoms with E-state index in [4.69, 9.17) is 19.7 Å². The van der Waals surface area contributed by atoms with Gasteiger partial charge in [-0.05, 0) is 37.5 Å². The van der Waals surface area contributed by atoms with Crippen molar-refractivity contribution in [3.05, 3.63) is 41.3 Å². The maximum atomic E-state index is 6.00. The van der Waals surface area contributed by atoms with Gasteiger partial charge < -0.3 is 19.7 Å². The summed E-state index contributed by atoms with van der Waals surface area (Å²) in [7, 11) is 1.62. The minimum atomic E-state index is 0.157. The summed E-state index contributed by atoms with van der Waals surface area (Å²) in [6.45, 7) is 4.28. The maximum Gasteiger partial charge on any atom is 0.162 e. The molecule has 0 bridgehead atoms. The van der Waals surface area contributed by atoms with Crippen LogP contribution >= 0.6 is 0 Å². The van der Waals surface area contributed by atoms with Crippen LogP contribution in [0.5, 0.6) is 11.5 Å². The molecule has 0 fully saturated rings. The van der Waals surface area contributed by atoms with Gasteiger partial charge in [-0.15, -0.1) is 0 Å². The Bertz CT molecular complexity index is 581. The van der Waals surface area contributed by atoms with Crippen LogP contribution in [0, 0.1) is 6.92 Å². The highest BCUT2D eigenvalue weighted by Gasteiger charge is 2.10. The molecule has 0 saturated carbocycles. The molecule has 0 aliphatic rings. The van der Waals surface area contributed by atoms with Gasteiger partial charge >= 0.3 is 0 Å². The molecule has 1 aromatic heterocycles. The Morgan fingerprint density at radius 1 is 1.29 bits per heavy atom. The predicted molar refractivity (Wildman–Crippen MR) is 80.5 cm³/mol. The van der Waals surface area contributed by atoms with Gasteiger partial charge in [0.25, 0.3) is 0 Å². The van der Waals surface area contributed by atoms with Gasteiger partial charge in [-0.1, -0.05) is 18.1 Å². The van der Waals surface area contributed by atoms with Crippen molar-refractivity contribution in [2.45, 2.75) is 39.3 Å². The molecule has 0 saturated heterocycles. The molecule has 1 heterocycles. The van der Waals surface area contributed by atoms with Crippen LogP contribution < -0.4 is 15.2 Å². The Morgan fingerprint density at radius 3 is 2.71 bits per heavy atom. The van der Waals surface area contributed by atoms with Crippen LogP contribution in [0.1, 0.15) is 30.4 Å². The molecule has 0 radical (unpaired) electrons. The fraction of sp³-hybridized carbons (Fsp3) is 0.438. The van der Waals surface area contributed by atoms with E-state index in [9.17, 15) is 0 Å². The smallest absolute Gasteiger partial charge is 0.162 e. The van der Waals surface area contributed by atoms with E-state index in [1.165, 1.54) is 0 Å². The Balaban J connectivity index is 2.09. The van der Waals surface area contributed by atoms with Crippen molar-refractivity contribution in [1.29, 1.82) is 0 Å². The number of aromatic nitrogens is 1. The summed E-state index contributed by atoms with van der Waals surface area (Å²) in [5, 5.41) is 3.91. The van der Waals surface area contributed by atoms with Gasteiger partial charge in [0.05, 0.1) is 7.11 Å². The van der Waals surface area contributed by atoms with Gasteiger partial charge in [0.1, 0.15) is 18.1 Å². The molecule has 1 unspecified atom stereocenters. The highest BCUT2D eigenvalue weighted by Crippen LogP contribution is 2.29. The standard InChI is InChI=1S/C16H22N2O3/c1-4-13(17)8-12-5-6-15(19-3)16(9-12)20-10-14-7-11(2)21-18-14/h5-7,9,13H,4,8,10,17H2,1-3H3. The predicted octanol–water partition coefficient (Wildman–Crippen LogP) is 2.85. The lowest BCUT2D eigenvalue weighted by Gasteiger charge is -2.13. The van der Waals surface area contributed by atoms with Crippen molar-refractivity contribution in [3.8, 4) is 11.5 Å². The third-order valence-corrected chi connectivity index (χ3v) is 3.30. The second kappa shape index (κ2) is 7.13. The molecule has 0 spiro atoms. The average molecular weight is 290 g/mol. The van der Waals surface area contributed by atoms with Crippen molar-refractivity contribution in [1.82, 2.24) is 5.16 Å². The van der Waals surface area contributed by atoms with Crippen molar-refractivity contribution in [3.63, 3.8) is 0 Å². The number of hydrogen-bond acceptors (Lipinski definition) is 5. The van der Waals surface area contributed by atoms with Gasteiger partial charge in [-0.2, -0.15) is 0 Å². The molecule has 5 nitrogen and oxygen atoms in total. The lowest BCUT2D eigenvalue weighted by Crippen LogP contribution is -2.21. The molecular weight excluding hydrogens is 268 g/mol. The third kappa shape index (κ3) is 4.23. The van der Waals surface area contributed by atoms with E-state index in [1.54, 1.807) is 7.11 Å². The van der Waals surface area contributed by atoms with E-state index in [0.29, 0.717) is 18.1 Å². The quantitative estimate of drug-likeness (QED) is 0.849. The van der Waals surface area contributed by atoms with Gasteiger partial charge in [0, 0.05) is 12.1 Å². The Hall–Kier alpha value is -2.01. The Kier molecular flexibility index (Phi) is 5.22. The minimum Gasteiger partial charge on any atom is -0.493 e. The first kappa shape index (κ1) is 15.4. The summed E-state index contributed by atoms with van der Waals surface area (Å²) >= 11 is 0. The molecule has 1 aromatic carbocycles. The first-order chi connectivity index (χ1) is 10.1. The van der Waals surface area contributed by atoms with Crippen molar-refractivity contribution >= 4 is 0 Å². The van der Waals surface area contributed by atoms with Gasteiger partial charge in [0.2, 0.25) is 0 Å². The second-order valence-electron chi connectivity index (χ2n) is 5.08. The maximum absolute atomic E-state index is 6.00.